The number of amides is 3. The third-order valence-corrected chi connectivity index (χ3v) is 3.37. The summed E-state index contributed by atoms with van der Waals surface area (Å²) in [6.07, 6.45) is 0.691. The summed E-state index contributed by atoms with van der Waals surface area (Å²) >= 11 is 3.25. The summed E-state index contributed by atoms with van der Waals surface area (Å²) in [5.41, 5.74) is 0.322. The summed E-state index contributed by atoms with van der Waals surface area (Å²) in [7, 11) is 1.70. The molecule has 8 heteroatoms. The van der Waals surface area contributed by atoms with Crippen molar-refractivity contribution in [2.45, 2.75) is 13.0 Å². The van der Waals surface area contributed by atoms with Crippen LogP contribution >= 0.6 is 15.9 Å². The highest BCUT2D eigenvalue weighted by Gasteiger charge is 2.32. The van der Waals surface area contributed by atoms with E-state index in [0.717, 1.165) is 9.37 Å². The number of nitrogens with zero attached hydrogens (tertiary/aromatic N) is 2. The number of rotatable bonds is 3. The Bertz CT molecular complexity index is 569. The van der Waals surface area contributed by atoms with Gasteiger partial charge in [-0.05, 0) is 28.9 Å². The second-order valence-electron chi connectivity index (χ2n) is 4.42. The molecule has 1 aromatic heterocycles. The average molecular weight is 344 g/mol. The first kappa shape index (κ1) is 14.6. The molecule has 2 rings (SSSR count). The molecule has 1 fully saturated rings. The maximum Gasteiger partial charge on any atom is 0.355 e. The van der Waals surface area contributed by atoms with Crippen molar-refractivity contribution in [2.75, 3.05) is 13.1 Å². The number of aryl methyl sites for hydroxylation is 1. The van der Waals surface area contributed by atoms with Crippen molar-refractivity contribution in [1.29, 1.82) is 0 Å². The lowest BCUT2D eigenvalue weighted by molar-refractivity contribution is -0.136. The van der Waals surface area contributed by atoms with E-state index >= 15 is 0 Å². The highest BCUT2D eigenvalue weighted by atomic mass is 79.9. The summed E-state index contributed by atoms with van der Waals surface area (Å²) in [5, 5.41) is 2.52. The van der Waals surface area contributed by atoms with Crippen LogP contribution in [0.25, 0.3) is 0 Å². The first-order valence-corrected chi connectivity index (χ1v) is 6.81. The smallest absolute Gasteiger partial charge is 0.355 e. The molecule has 20 heavy (non-hydrogen) atoms. The van der Waals surface area contributed by atoms with E-state index in [9.17, 15) is 14.4 Å². The minimum absolute atomic E-state index is 0.287. The number of esters is 1. The molecular weight excluding hydrogens is 330 g/mol. The zero-order valence-corrected chi connectivity index (χ0v) is 12.6. The van der Waals surface area contributed by atoms with Crippen molar-refractivity contribution in [3.63, 3.8) is 0 Å². The highest BCUT2D eigenvalue weighted by Crippen LogP contribution is 2.15. The second-order valence-corrected chi connectivity index (χ2v) is 5.34. The largest absolute Gasteiger partial charge is 0.448 e. The monoisotopic (exact) mass is 343 g/mol. The van der Waals surface area contributed by atoms with Crippen LogP contribution in [0.3, 0.4) is 0 Å². The van der Waals surface area contributed by atoms with Crippen LogP contribution in [-0.2, 0) is 16.6 Å². The highest BCUT2D eigenvalue weighted by molar-refractivity contribution is 9.10. The quantitative estimate of drug-likeness (QED) is 0.826. The van der Waals surface area contributed by atoms with Gasteiger partial charge in [0.1, 0.15) is 5.69 Å². The first-order chi connectivity index (χ1) is 9.40. The summed E-state index contributed by atoms with van der Waals surface area (Å²) in [6, 6.07) is 1.14. The van der Waals surface area contributed by atoms with Crippen LogP contribution in [0.15, 0.2) is 16.7 Å². The first-order valence-electron chi connectivity index (χ1n) is 6.02. The van der Waals surface area contributed by atoms with E-state index < -0.39 is 24.0 Å². The van der Waals surface area contributed by atoms with Gasteiger partial charge in [-0.2, -0.15) is 0 Å². The average Bonchev–Trinajstić information content (AvgIpc) is 2.94. The third-order valence-electron chi connectivity index (χ3n) is 2.94. The third kappa shape index (κ3) is 2.84. The summed E-state index contributed by atoms with van der Waals surface area (Å²) < 4.78 is 7.43. The van der Waals surface area contributed by atoms with Crippen molar-refractivity contribution in [2.24, 2.45) is 7.05 Å². The van der Waals surface area contributed by atoms with Crippen LogP contribution in [0.2, 0.25) is 0 Å². The number of aromatic nitrogens is 1. The fourth-order valence-corrected chi connectivity index (χ4v) is 2.42. The minimum atomic E-state index is -1.01. The number of halogens is 1. The minimum Gasteiger partial charge on any atom is -0.448 e. The van der Waals surface area contributed by atoms with Crippen LogP contribution in [0.5, 0.6) is 0 Å². The molecule has 0 unspecified atom stereocenters. The van der Waals surface area contributed by atoms with E-state index in [-0.39, 0.29) is 6.54 Å². The molecule has 1 atom stereocenters. The summed E-state index contributed by atoms with van der Waals surface area (Å²) in [5.74, 6) is -1.14. The van der Waals surface area contributed by atoms with E-state index in [0.29, 0.717) is 12.2 Å². The van der Waals surface area contributed by atoms with Gasteiger partial charge in [0.05, 0.1) is 0 Å². The number of carbonyl (C=O) groups is 3. The van der Waals surface area contributed by atoms with Gasteiger partial charge in [-0.3, -0.25) is 9.69 Å². The van der Waals surface area contributed by atoms with Crippen molar-refractivity contribution in [3.8, 4) is 0 Å². The normalized spacial score (nSPS) is 15.9. The SMILES string of the molecule is C[C@@H](OC(=O)c1cc(Br)cn1C)C(=O)N1CCNC1=O. The lowest BCUT2D eigenvalue weighted by Crippen LogP contribution is -2.41. The molecule has 108 valence electrons. The number of hydrogen-bond acceptors (Lipinski definition) is 4. The van der Waals surface area contributed by atoms with Crippen LogP contribution in [0.4, 0.5) is 4.79 Å². The van der Waals surface area contributed by atoms with E-state index in [2.05, 4.69) is 21.2 Å². The van der Waals surface area contributed by atoms with Crippen LogP contribution in [-0.4, -0.2) is 46.6 Å². The number of imide groups is 1. The van der Waals surface area contributed by atoms with Crippen LogP contribution in [0, 0.1) is 0 Å². The lowest BCUT2D eigenvalue weighted by Gasteiger charge is -2.18. The van der Waals surface area contributed by atoms with Gasteiger partial charge in [0.25, 0.3) is 5.91 Å². The molecule has 1 aliphatic heterocycles. The lowest BCUT2D eigenvalue weighted by atomic mass is 10.3. The predicted molar refractivity (Wildman–Crippen MR) is 73.1 cm³/mol. The molecule has 1 aliphatic rings. The number of nitrogens with one attached hydrogen (secondary N) is 1. The molecule has 0 radical (unpaired) electrons. The Kier molecular flexibility index (Phi) is 4.12. The molecule has 0 aliphatic carbocycles. The Morgan fingerprint density at radius 1 is 1.50 bits per heavy atom. The van der Waals surface area contributed by atoms with Crippen molar-refractivity contribution in [3.05, 3.63) is 22.4 Å². The van der Waals surface area contributed by atoms with E-state index in [1.807, 2.05) is 0 Å². The van der Waals surface area contributed by atoms with Gasteiger partial charge in [-0.15, -0.1) is 0 Å². The number of urea groups is 1. The summed E-state index contributed by atoms with van der Waals surface area (Å²) in [4.78, 5) is 36.4. The van der Waals surface area contributed by atoms with Crippen LogP contribution in [0.1, 0.15) is 17.4 Å². The topological polar surface area (TPSA) is 80.6 Å². The molecule has 0 saturated carbocycles. The van der Waals surface area contributed by atoms with Gasteiger partial charge >= 0.3 is 12.0 Å². The van der Waals surface area contributed by atoms with Gasteiger partial charge in [-0.25, -0.2) is 9.59 Å². The zero-order valence-electron chi connectivity index (χ0n) is 11.1. The van der Waals surface area contributed by atoms with Gasteiger partial charge in [0.2, 0.25) is 0 Å². The Morgan fingerprint density at radius 3 is 2.70 bits per heavy atom. The molecule has 1 saturated heterocycles. The number of hydrogen-bond donors (Lipinski definition) is 1. The van der Waals surface area contributed by atoms with Gasteiger partial charge in [-0.1, -0.05) is 0 Å². The van der Waals surface area contributed by atoms with Crippen LogP contribution < -0.4 is 5.32 Å². The fourth-order valence-electron chi connectivity index (χ4n) is 1.90. The molecule has 0 spiro atoms. The molecule has 7 nitrogen and oxygen atoms in total. The molecule has 3 amide bonds. The Morgan fingerprint density at radius 2 is 2.20 bits per heavy atom. The molecule has 0 aromatic carbocycles. The molecule has 2 heterocycles. The van der Waals surface area contributed by atoms with Crippen molar-refractivity contribution < 1.29 is 19.1 Å². The fraction of sp³-hybridized carbons (Fsp3) is 0.417. The Hall–Kier alpha value is -1.83. The predicted octanol–water partition coefficient (Wildman–Crippen LogP) is 0.885. The van der Waals surface area contributed by atoms with E-state index in [4.69, 9.17) is 4.74 Å². The molecular formula is C12H14BrN3O4. The van der Waals surface area contributed by atoms with Gasteiger partial charge in [0.15, 0.2) is 6.10 Å². The Balaban J connectivity index is 2.02. The van der Waals surface area contributed by atoms with Crippen molar-refractivity contribution in [1.82, 2.24) is 14.8 Å². The van der Waals surface area contributed by atoms with Gasteiger partial charge < -0.3 is 14.6 Å². The standard InChI is InChI=1S/C12H14BrN3O4/c1-7(10(17)16-4-3-14-12(16)19)20-11(18)9-5-8(13)6-15(9)2/h5-7H,3-4H2,1-2H3,(H,14,19)/t7-/m1/s1. The van der Waals surface area contributed by atoms with E-state index in [1.54, 1.807) is 23.9 Å². The molecule has 1 aromatic rings. The Labute approximate surface area is 124 Å². The molecule has 1 N–H and O–H groups in total. The maximum absolute atomic E-state index is 12.0. The number of ether oxygens (including phenoxy) is 1. The number of carbonyl (C=O) groups excluding carboxylic acids is 3. The maximum atomic E-state index is 12.0. The van der Waals surface area contributed by atoms with E-state index in [1.165, 1.54) is 6.92 Å². The summed E-state index contributed by atoms with van der Waals surface area (Å²) in [6.45, 7) is 2.15. The van der Waals surface area contributed by atoms with Gasteiger partial charge in [0, 0.05) is 30.8 Å². The zero-order chi connectivity index (χ0) is 14.9. The second kappa shape index (κ2) is 5.66. The molecule has 0 bridgehead atoms. The van der Waals surface area contributed by atoms with Crippen molar-refractivity contribution >= 4 is 33.8 Å².